The average Bonchev–Trinajstić information content (AvgIpc) is 2.99. The van der Waals surface area contributed by atoms with E-state index in [1.165, 1.54) is 0 Å². The van der Waals surface area contributed by atoms with E-state index < -0.39 is 11.9 Å². The lowest BCUT2D eigenvalue weighted by Gasteiger charge is -2.37. The first-order valence-electron chi connectivity index (χ1n) is 11.6. The molecule has 0 radical (unpaired) electrons. The number of aromatic nitrogens is 2. The fourth-order valence-electron chi connectivity index (χ4n) is 4.23. The number of carbonyl (C=O) groups excluding carboxylic acids is 2. The van der Waals surface area contributed by atoms with Crippen LogP contribution >= 0.6 is 0 Å². The van der Waals surface area contributed by atoms with E-state index in [1.807, 2.05) is 42.9 Å². The van der Waals surface area contributed by atoms with Crippen LogP contribution in [0.4, 0.5) is 5.82 Å². The highest BCUT2D eigenvalue weighted by Crippen LogP contribution is 2.34. The van der Waals surface area contributed by atoms with Gasteiger partial charge in [0, 0.05) is 34.9 Å². The number of hydrogen-bond donors (Lipinski definition) is 2. The SMILES string of the molecule is CCCc1c(-c2ccccc2)nnc(NCC(C)(C)N(CC)CC)c1C1=CC(=O)ONOC1=O. The molecule has 34 heavy (non-hydrogen) atoms. The van der Waals surface area contributed by atoms with Crippen LogP contribution < -0.4 is 11.0 Å². The van der Waals surface area contributed by atoms with Gasteiger partial charge < -0.3 is 15.0 Å². The second-order valence-corrected chi connectivity index (χ2v) is 8.66. The van der Waals surface area contributed by atoms with Crippen LogP contribution in [0.15, 0.2) is 36.4 Å². The second-order valence-electron chi connectivity index (χ2n) is 8.66. The summed E-state index contributed by atoms with van der Waals surface area (Å²) in [6.07, 6.45) is 2.55. The van der Waals surface area contributed by atoms with Crippen molar-refractivity contribution in [3.05, 3.63) is 47.5 Å². The van der Waals surface area contributed by atoms with Crippen molar-refractivity contribution < 1.29 is 19.3 Å². The van der Waals surface area contributed by atoms with Gasteiger partial charge in [-0.1, -0.05) is 57.5 Å². The van der Waals surface area contributed by atoms with Crippen molar-refractivity contribution in [1.29, 1.82) is 0 Å². The van der Waals surface area contributed by atoms with Crippen LogP contribution in [0.3, 0.4) is 0 Å². The Morgan fingerprint density at radius 1 is 1.03 bits per heavy atom. The third-order valence-corrected chi connectivity index (χ3v) is 5.96. The smallest absolute Gasteiger partial charge is 0.361 e. The van der Waals surface area contributed by atoms with Crippen molar-refractivity contribution in [3.63, 3.8) is 0 Å². The van der Waals surface area contributed by atoms with Gasteiger partial charge in [-0.3, -0.25) is 4.90 Å². The second kappa shape index (κ2) is 11.2. The van der Waals surface area contributed by atoms with Crippen molar-refractivity contribution in [2.24, 2.45) is 0 Å². The number of hydrogen-bond acceptors (Lipinski definition) is 9. The molecule has 0 saturated carbocycles. The van der Waals surface area contributed by atoms with Crippen molar-refractivity contribution in [2.75, 3.05) is 25.0 Å². The van der Waals surface area contributed by atoms with Gasteiger partial charge in [-0.2, -0.15) is 0 Å². The van der Waals surface area contributed by atoms with E-state index in [1.54, 1.807) is 0 Å². The van der Waals surface area contributed by atoms with E-state index in [9.17, 15) is 9.59 Å². The molecule has 1 aliphatic heterocycles. The first-order valence-corrected chi connectivity index (χ1v) is 11.6. The Kier molecular flexibility index (Phi) is 8.36. The van der Waals surface area contributed by atoms with Crippen molar-refractivity contribution in [3.8, 4) is 11.3 Å². The molecule has 0 aliphatic carbocycles. The Labute approximate surface area is 200 Å². The zero-order valence-corrected chi connectivity index (χ0v) is 20.5. The molecule has 0 atom stereocenters. The summed E-state index contributed by atoms with van der Waals surface area (Å²) in [7, 11) is 0. The highest BCUT2D eigenvalue weighted by Gasteiger charge is 2.30. The van der Waals surface area contributed by atoms with Crippen LogP contribution in [0.2, 0.25) is 0 Å². The lowest BCUT2D eigenvalue weighted by Crippen LogP contribution is -2.48. The van der Waals surface area contributed by atoms with Crippen LogP contribution in [0.5, 0.6) is 0 Å². The minimum atomic E-state index is -0.740. The standard InChI is InChI=1S/C25H33N5O4/c1-6-12-18-21(19-15-20(31)33-29-34-24(19)32)23(26-16-25(4,5)30(7-2)8-3)28-27-22(18)17-13-10-9-11-14-17/h9-11,13-15,29H,6-8,12,16H2,1-5H3,(H,26,28). The normalized spacial score (nSPS) is 14.4. The Balaban J connectivity index is 2.18. The van der Waals surface area contributed by atoms with Gasteiger partial charge in [-0.15, -0.1) is 10.2 Å². The number of rotatable bonds is 10. The summed E-state index contributed by atoms with van der Waals surface area (Å²) in [6.45, 7) is 12.9. The molecule has 0 amide bonds. The lowest BCUT2D eigenvalue weighted by atomic mass is 9.92. The van der Waals surface area contributed by atoms with E-state index in [0.717, 1.165) is 36.7 Å². The maximum Gasteiger partial charge on any atom is 0.361 e. The van der Waals surface area contributed by atoms with Crippen molar-refractivity contribution >= 4 is 23.3 Å². The van der Waals surface area contributed by atoms with E-state index in [2.05, 4.69) is 52.9 Å². The van der Waals surface area contributed by atoms with E-state index in [4.69, 9.17) is 4.84 Å². The summed E-state index contributed by atoms with van der Waals surface area (Å²) in [5.41, 5.74) is 4.65. The zero-order chi connectivity index (χ0) is 24.7. The van der Waals surface area contributed by atoms with Crippen LogP contribution in [-0.4, -0.2) is 52.2 Å². The topological polar surface area (TPSA) is 106 Å². The maximum atomic E-state index is 12.8. The van der Waals surface area contributed by atoms with Crippen molar-refractivity contribution in [2.45, 2.75) is 53.0 Å². The van der Waals surface area contributed by atoms with Gasteiger partial charge in [-0.25, -0.2) is 9.59 Å². The maximum absolute atomic E-state index is 12.8. The molecule has 1 aromatic heterocycles. The Morgan fingerprint density at radius 3 is 2.38 bits per heavy atom. The number of benzene rings is 1. The monoisotopic (exact) mass is 467 g/mol. The Morgan fingerprint density at radius 2 is 1.74 bits per heavy atom. The minimum Gasteiger partial charge on any atom is -0.366 e. The summed E-state index contributed by atoms with van der Waals surface area (Å²) in [6, 6.07) is 9.66. The Bertz CT molecular complexity index is 1050. The van der Waals surface area contributed by atoms with Crippen molar-refractivity contribution in [1.82, 2.24) is 20.7 Å². The fraction of sp³-hybridized carbons (Fsp3) is 0.440. The van der Waals surface area contributed by atoms with Gasteiger partial charge in [0.05, 0.1) is 11.3 Å². The molecule has 0 saturated heterocycles. The molecule has 0 fully saturated rings. The van der Waals surface area contributed by atoms with E-state index >= 15 is 0 Å². The molecular weight excluding hydrogens is 434 g/mol. The zero-order valence-electron chi connectivity index (χ0n) is 20.5. The third-order valence-electron chi connectivity index (χ3n) is 5.96. The van der Waals surface area contributed by atoms with Gasteiger partial charge in [0.15, 0.2) is 5.82 Å². The summed E-state index contributed by atoms with van der Waals surface area (Å²) in [4.78, 5) is 36.9. The van der Waals surface area contributed by atoms with Gasteiger partial charge >= 0.3 is 11.9 Å². The molecule has 182 valence electrons. The largest absolute Gasteiger partial charge is 0.366 e. The number of nitrogens with one attached hydrogen (secondary N) is 2. The van der Waals surface area contributed by atoms with Crippen LogP contribution in [-0.2, 0) is 25.7 Å². The molecule has 1 aliphatic rings. The summed E-state index contributed by atoms with van der Waals surface area (Å²) in [5.74, 6) is -1.06. The quantitative estimate of drug-likeness (QED) is 0.543. The average molecular weight is 468 g/mol. The van der Waals surface area contributed by atoms with E-state index in [-0.39, 0.29) is 11.1 Å². The molecule has 2 aromatic rings. The van der Waals surface area contributed by atoms with Gasteiger partial charge in [-0.05, 0) is 38.9 Å². The first-order chi connectivity index (χ1) is 16.3. The minimum absolute atomic E-state index is 0.0636. The van der Waals surface area contributed by atoms with Crippen LogP contribution in [0, 0.1) is 0 Å². The van der Waals surface area contributed by atoms with Gasteiger partial charge in [0.1, 0.15) is 0 Å². The van der Waals surface area contributed by atoms with Gasteiger partial charge in [0.25, 0.3) is 0 Å². The summed E-state index contributed by atoms with van der Waals surface area (Å²) < 4.78 is 0. The molecule has 0 unspecified atom stereocenters. The third kappa shape index (κ3) is 5.60. The van der Waals surface area contributed by atoms with Crippen LogP contribution in [0.1, 0.15) is 52.2 Å². The highest BCUT2D eigenvalue weighted by molar-refractivity contribution is 6.22. The molecule has 9 heteroatoms. The number of nitrogens with zero attached hydrogens (tertiary/aromatic N) is 3. The summed E-state index contributed by atoms with van der Waals surface area (Å²) in [5, 5.41) is 12.4. The van der Waals surface area contributed by atoms with E-state index in [0.29, 0.717) is 30.0 Å². The molecule has 1 aromatic carbocycles. The first kappa shape index (κ1) is 25.3. The predicted molar refractivity (Wildman–Crippen MR) is 130 cm³/mol. The van der Waals surface area contributed by atoms with Gasteiger partial charge in [0.2, 0.25) is 0 Å². The molecule has 3 rings (SSSR count). The molecule has 2 N–H and O–H groups in total. The number of anilines is 1. The molecular formula is C25H33N5O4. The Hall–Kier alpha value is -3.30. The predicted octanol–water partition coefficient (Wildman–Crippen LogP) is 3.53. The summed E-state index contributed by atoms with van der Waals surface area (Å²) >= 11 is 0. The molecule has 0 bridgehead atoms. The number of carbonyl (C=O) groups is 2. The highest BCUT2D eigenvalue weighted by atomic mass is 16.9. The molecule has 9 nitrogen and oxygen atoms in total. The molecule has 0 spiro atoms. The number of likely N-dealkylation sites (N-methyl/N-ethyl adjacent to an activating group) is 1. The van der Waals surface area contributed by atoms with Crippen LogP contribution in [0.25, 0.3) is 16.8 Å². The lowest BCUT2D eigenvalue weighted by molar-refractivity contribution is -0.188. The fourth-order valence-corrected chi connectivity index (χ4v) is 4.23. The molecule has 2 heterocycles.